The fraction of sp³-hybridized carbons (Fsp3) is 0.286. The molecule has 1 aromatic heterocycles. The third-order valence-corrected chi connectivity index (χ3v) is 3.02. The topological polar surface area (TPSA) is 186 Å². The van der Waals surface area contributed by atoms with Crippen molar-refractivity contribution in [1.29, 1.82) is 0 Å². The van der Waals surface area contributed by atoms with Gasteiger partial charge in [-0.3, -0.25) is 4.79 Å². The van der Waals surface area contributed by atoms with Crippen LogP contribution in [0.15, 0.2) is 24.7 Å². The molecule has 0 bridgehead atoms. The molecule has 2 atom stereocenters. The monoisotopic (exact) mass is 383 g/mol. The second-order valence-corrected chi connectivity index (χ2v) is 5.12. The molecule has 1 saturated heterocycles. The van der Waals surface area contributed by atoms with Gasteiger partial charge in [0.1, 0.15) is 6.04 Å². The predicted molar refractivity (Wildman–Crippen MR) is 78.3 cm³/mol. The minimum atomic E-state index is -2.36. The molecule has 0 aromatic carbocycles. The number of carbonyl (C=O) groups excluding carboxylic acids is 5. The maximum Gasteiger partial charge on any atom is 0.407 e. The molecule has 13 heteroatoms. The van der Waals surface area contributed by atoms with Crippen molar-refractivity contribution in [3.05, 3.63) is 30.4 Å². The van der Waals surface area contributed by atoms with E-state index in [-0.39, 0.29) is 6.42 Å². The highest BCUT2D eigenvalue weighted by molar-refractivity contribution is 6.01. The van der Waals surface area contributed by atoms with Crippen LogP contribution in [-0.4, -0.2) is 52.0 Å². The lowest BCUT2D eigenvalue weighted by Crippen LogP contribution is -2.43. The van der Waals surface area contributed by atoms with Gasteiger partial charge < -0.3 is 15.5 Å². The van der Waals surface area contributed by atoms with E-state index in [1.54, 1.807) is 0 Å². The minimum Gasteiger partial charge on any atom is -0.436 e. The zero-order valence-corrected chi connectivity index (χ0v) is 13.5. The third-order valence-electron chi connectivity index (χ3n) is 3.02. The molecule has 0 aliphatic carbocycles. The zero-order valence-electron chi connectivity index (χ0n) is 13.5. The summed E-state index contributed by atoms with van der Waals surface area (Å²) in [5.74, 6) is -6.91. The Hall–Kier alpha value is -3.74. The van der Waals surface area contributed by atoms with Crippen LogP contribution in [0.25, 0.3) is 0 Å². The van der Waals surface area contributed by atoms with Crippen LogP contribution in [-0.2, 0) is 54.7 Å². The van der Waals surface area contributed by atoms with E-state index >= 15 is 0 Å². The molecule has 1 aliphatic rings. The van der Waals surface area contributed by atoms with Gasteiger partial charge in [-0.15, -0.1) is 0 Å². The zero-order chi connectivity index (χ0) is 20.0. The second kappa shape index (κ2) is 8.57. The largest absolute Gasteiger partial charge is 0.436 e. The highest BCUT2D eigenvalue weighted by atomic mass is 17.2. The van der Waals surface area contributed by atoms with Gasteiger partial charge in [-0.05, 0) is 0 Å². The number of hydrogen-bond donors (Lipinski definition) is 2. The van der Waals surface area contributed by atoms with Crippen molar-refractivity contribution < 1.29 is 48.3 Å². The number of carbonyl (C=O) groups is 5. The second-order valence-electron chi connectivity index (χ2n) is 5.12. The van der Waals surface area contributed by atoms with E-state index in [0.717, 1.165) is 0 Å². The average molecular weight is 383 g/mol. The number of imidazole rings is 1. The van der Waals surface area contributed by atoms with Gasteiger partial charge in [-0.25, -0.2) is 43.7 Å². The van der Waals surface area contributed by atoms with Gasteiger partial charge in [0.15, 0.2) is 0 Å². The summed E-state index contributed by atoms with van der Waals surface area (Å²) in [5.41, 5.74) is 5.66. The maximum atomic E-state index is 12.0. The lowest BCUT2D eigenvalue weighted by Gasteiger charge is -2.15. The molecule has 1 fully saturated rings. The summed E-state index contributed by atoms with van der Waals surface area (Å²) in [6.07, 6.45) is -0.378. The van der Waals surface area contributed by atoms with E-state index in [4.69, 9.17) is 5.73 Å². The molecule has 2 unspecified atom stereocenters. The number of ether oxygens (including phenoxy) is 1. The summed E-state index contributed by atoms with van der Waals surface area (Å²) in [4.78, 5) is 81.4. The van der Waals surface area contributed by atoms with Crippen molar-refractivity contribution in [1.82, 2.24) is 9.97 Å². The average Bonchev–Trinajstić information content (AvgIpc) is 3.13. The maximum absolute atomic E-state index is 12.0. The summed E-state index contributed by atoms with van der Waals surface area (Å²) >= 11 is 0. The van der Waals surface area contributed by atoms with Crippen molar-refractivity contribution in [3.63, 3.8) is 0 Å². The Balaban J connectivity index is 2.08. The highest BCUT2D eigenvalue weighted by Gasteiger charge is 2.39. The Kier molecular flexibility index (Phi) is 6.22. The first-order valence-electron chi connectivity index (χ1n) is 7.23. The highest BCUT2D eigenvalue weighted by Crippen LogP contribution is 2.10. The van der Waals surface area contributed by atoms with Crippen LogP contribution in [0.1, 0.15) is 12.1 Å². The third kappa shape index (κ3) is 5.37. The lowest BCUT2D eigenvalue weighted by atomic mass is 10.2. The van der Waals surface area contributed by atoms with Gasteiger partial charge in [-0.2, -0.15) is 0 Å². The molecule has 0 radical (unpaired) electrons. The number of aromatic nitrogens is 2. The number of H-pyrrole nitrogens is 1. The molecular formula is C14H13N3O10. The van der Waals surface area contributed by atoms with Gasteiger partial charge in [0.05, 0.1) is 12.7 Å². The van der Waals surface area contributed by atoms with Gasteiger partial charge in [0.25, 0.3) is 0 Å². The number of esters is 1. The van der Waals surface area contributed by atoms with Crippen LogP contribution >= 0.6 is 0 Å². The van der Waals surface area contributed by atoms with E-state index in [0.29, 0.717) is 5.69 Å². The first-order chi connectivity index (χ1) is 12.8. The van der Waals surface area contributed by atoms with Crippen LogP contribution in [0.3, 0.4) is 0 Å². The van der Waals surface area contributed by atoms with Crippen molar-refractivity contribution in [3.8, 4) is 0 Å². The summed E-state index contributed by atoms with van der Waals surface area (Å²) in [7, 11) is 0. The Morgan fingerprint density at radius 2 is 1.93 bits per heavy atom. The summed E-state index contributed by atoms with van der Waals surface area (Å²) in [6.45, 7) is 3.20. The van der Waals surface area contributed by atoms with Crippen molar-refractivity contribution in [2.24, 2.45) is 5.73 Å². The van der Waals surface area contributed by atoms with Crippen LogP contribution in [0.5, 0.6) is 0 Å². The van der Waals surface area contributed by atoms with Gasteiger partial charge in [0, 0.05) is 23.9 Å². The smallest absolute Gasteiger partial charge is 0.407 e. The fourth-order valence-corrected chi connectivity index (χ4v) is 1.70. The Morgan fingerprint density at radius 1 is 1.26 bits per heavy atom. The molecule has 27 heavy (non-hydrogen) atoms. The van der Waals surface area contributed by atoms with E-state index in [1.807, 2.05) is 0 Å². The molecule has 3 N–H and O–H groups in total. The molecule has 1 aliphatic heterocycles. The lowest BCUT2D eigenvalue weighted by molar-refractivity contribution is -0.274. The number of aromatic amines is 1. The fourth-order valence-electron chi connectivity index (χ4n) is 1.70. The summed E-state index contributed by atoms with van der Waals surface area (Å²) in [6, 6.07) is -1.30. The Bertz CT molecular complexity index is 772. The van der Waals surface area contributed by atoms with Crippen LogP contribution in [0, 0.1) is 0 Å². The molecular weight excluding hydrogens is 370 g/mol. The number of nitrogens with one attached hydrogen (secondary N) is 1. The summed E-state index contributed by atoms with van der Waals surface area (Å²) in [5, 5.41) is 0. The van der Waals surface area contributed by atoms with Crippen molar-refractivity contribution in [2.45, 2.75) is 25.0 Å². The SMILES string of the molecule is C=C1CC(=O)OOC(=O)C(OC(=O)C(N)Cc2cnc[nH]2)C(=O)OOC1=O. The van der Waals surface area contributed by atoms with E-state index in [9.17, 15) is 24.0 Å². The van der Waals surface area contributed by atoms with Crippen molar-refractivity contribution >= 4 is 29.8 Å². The molecule has 0 amide bonds. The van der Waals surface area contributed by atoms with Gasteiger partial charge in [-0.1, -0.05) is 6.58 Å². The normalized spacial score (nSPS) is 19.7. The van der Waals surface area contributed by atoms with Gasteiger partial charge >= 0.3 is 36.0 Å². The van der Waals surface area contributed by atoms with Crippen molar-refractivity contribution in [2.75, 3.05) is 0 Å². The molecule has 0 saturated carbocycles. The van der Waals surface area contributed by atoms with Crippen LogP contribution < -0.4 is 5.73 Å². The minimum absolute atomic E-state index is 0.0561. The number of rotatable bonds is 4. The standard InChI is InChI=1S/C14H13N3O10/c1-6-2-9(18)24-26-13(21)10(14(22)27-25-11(6)19)23-12(20)8(15)3-7-4-16-5-17-7/h4-5,8,10H,1-3,15H2,(H,16,17). The van der Waals surface area contributed by atoms with E-state index in [2.05, 4.69) is 40.8 Å². The quantitative estimate of drug-likeness (QED) is 0.256. The van der Waals surface area contributed by atoms with E-state index in [1.165, 1.54) is 12.5 Å². The first-order valence-corrected chi connectivity index (χ1v) is 7.23. The van der Waals surface area contributed by atoms with Gasteiger partial charge in [0.2, 0.25) is 0 Å². The molecule has 0 spiro atoms. The Labute approximate surface area is 150 Å². The molecule has 144 valence electrons. The molecule has 1 aromatic rings. The first kappa shape index (κ1) is 19.6. The number of nitrogens with zero attached hydrogens (tertiary/aromatic N) is 1. The number of nitrogens with two attached hydrogens (primary N) is 1. The van der Waals surface area contributed by atoms with E-state index < -0.39 is 54.0 Å². The Morgan fingerprint density at radius 3 is 2.56 bits per heavy atom. The van der Waals surface area contributed by atoms with Crippen LogP contribution in [0.2, 0.25) is 0 Å². The number of hydrogen-bond acceptors (Lipinski definition) is 12. The molecule has 2 heterocycles. The molecule has 2 rings (SSSR count). The van der Waals surface area contributed by atoms with Crippen LogP contribution in [0.4, 0.5) is 0 Å². The molecule has 13 nitrogen and oxygen atoms in total. The summed E-state index contributed by atoms with van der Waals surface area (Å²) < 4.78 is 4.64. The predicted octanol–water partition coefficient (Wildman–Crippen LogP) is -1.85.